The van der Waals surface area contributed by atoms with Gasteiger partial charge in [-0.25, -0.2) is 0 Å². The molecule has 0 spiro atoms. The third-order valence-electron chi connectivity index (χ3n) is 7.16. The van der Waals surface area contributed by atoms with E-state index in [0.717, 1.165) is 22.8 Å². The number of anilines is 3. The minimum absolute atomic E-state index is 0.0476. The molecule has 1 fully saturated rings. The minimum atomic E-state index is -0.0766. The normalized spacial score (nSPS) is 17.1. The molecule has 0 amide bonds. The van der Waals surface area contributed by atoms with Gasteiger partial charge in [-0.15, -0.1) is 0 Å². The Morgan fingerprint density at radius 1 is 0.811 bits per heavy atom. The Labute approximate surface area is 225 Å². The summed E-state index contributed by atoms with van der Waals surface area (Å²) in [5.41, 5.74) is 9.13. The summed E-state index contributed by atoms with van der Waals surface area (Å²) in [6.45, 7) is 4.37. The molecule has 1 saturated heterocycles. The van der Waals surface area contributed by atoms with E-state index in [9.17, 15) is 0 Å². The van der Waals surface area contributed by atoms with Crippen molar-refractivity contribution in [2.24, 2.45) is 0 Å². The summed E-state index contributed by atoms with van der Waals surface area (Å²) in [5.74, 6) is 0. The van der Waals surface area contributed by atoms with Gasteiger partial charge in [0, 0.05) is 68.5 Å². The summed E-state index contributed by atoms with van der Waals surface area (Å²) in [7, 11) is 8.23. The van der Waals surface area contributed by atoms with Gasteiger partial charge in [0.15, 0.2) is 5.11 Å². The van der Waals surface area contributed by atoms with Crippen LogP contribution in [0.5, 0.6) is 0 Å². The second-order valence-electron chi connectivity index (χ2n) is 9.98. The second-order valence-corrected chi connectivity index (χ2v) is 10.4. The van der Waals surface area contributed by atoms with Gasteiger partial charge in [-0.2, -0.15) is 0 Å². The predicted molar refractivity (Wildman–Crippen MR) is 158 cm³/mol. The highest BCUT2D eigenvalue weighted by Gasteiger charge is 2.42. The number of aromatic nitrogens is 2. The zero-order valence-corrected chi connectivity index (χ0v) is 23.1. The van der Waals surface area contributed by atoms with Crippen LogP contribution in [0.1, 0.15) is 34.7 Å². The van der Waals surface area contributed by atoms with Crippen molar-refractivity contribution < 1.29 is 0 Å². The first-order valence-corrected chi connectivity index (χ1v) is 12.9. The monoisotopic (exact) mass is 510 g/mol. The van der Waals surface area contributed by atoms with E-state index in [-0.39, 0.29) is 12.1 Å². The third kappa shape index (κ3) is 4.55. The zero-order valence-electron chi connectivity index (χ0n) is 22.3. The third-order valence-corrected chi connectivity index (χ3v) is 7.47. The van der Waals surface area contributed by atoms with Crippen LogP contribution in [-0.2, 0) is 0 Å². The van der Waals surface area contributed by atoms with E-state index in [1.807, 2.05) is 18.3 Å². The highest BCUT2D eigenvalue weighted by Crippen LogP contribution is 2.44. The largest absolute Gasteiger partial charge is 0.378 e. The molecule has 6 nitrogen and oxygen atoms in total. The molecule has 0 radical (unpaired) electrons. The maximum Gasteiger partial charge on any atom is 0.174 e. The Hall–Kier alpha value is -3.84. The van der Waals surface area contributed by atoms with Crippen LogP contribution in [0.3, 0.4) is 0 Å². The summed E-state index contributed by atoms with van der Waals surface area (Å²) in [6.07, 6.45) is 1.85. The van der Waals surface area contributed by atoms with Crippen LogP contribution in [0.15, 0.2) is 79.0 Å². The molecule has 190 valence electrons. The first-order chi connectivity index (χ1) is 17.8. The Bertz CT molecular complexity index is 1390. The van der Waals surface area contributed by atoms with Gasteiger partial charge < -0.3 is 24.6 Å². The van der Waals surface area contributed by atoms with Crippen molar-refractivity contribution in [2.75, 3.05) is 42.9 Å². The van der Waals surface area contributed by atoms with E-state index in [1.165, 1.54) is 22.6 Å². The van der Waals surface area contributed by atoms with Gasteiger partial charge in [0.2, 0.25) is 0 Å². The van der Waals surface area contributed by atoms with Crippen LogP contribution < -0.4 is 20.0 Å². The molecule has 37 heavy (non-hydrogen) atoms. The highest BCUT2D eigenvalue weighted by atomic mass is 32.1. The molecule has 1 aliphatic heterocycles. The molecule has 2 atom stereocenters. The fraction of sp³-hybridized carbons (Fsp3) is 0.267. The Kier molecular flexibility index (Phi) is 6.65. The predicted octanol–water partition coefficient (Wildman–Crippen LogP) is 5.80. The fourth-order valence-electron chi connectivity index (χ4n) is 5.24. The van der Waals surface area contributed by atoms with E-state index in [1.54, 1.807) is 0 Å². The zero-order chi connectivity index (χ0) is 26.3. The number of aryl methyl sites for hydroxylation is 1. The maximum absolute atomic E-state index is 5.94. The average Bonchev–Trinajstić information content (AvgIpc) is 3.39. The standard InChI is InChI=1S/C30H34N6S/c1-20-19-26(21(2)35(20)24-14-10-22(11-15-24)33(3)4)29-28(27-9-7-8-18-31-27)32-30(37)36(29)25-16-12-23(13-17-25)34(5)6/h7-19,28-29H,1-6H3,(H,32,37)/t28-,29-/m0/s1. The van der Waals surface area contributed by atoms with E-state index in [4.69, 9.17) is 17.2 Å². The van der Waals surface area contributed by atoms with E-state index in [2.05, 4.69) is 127 Å². The van der Waals surface area contributed by atoms with Gasteiger partial charge in [-0.1, -0.05) is 6.07 Å². The summed E-state index contributed by atoms with van der Waals surface area (Å²) in [4.78, 5) is 11.2. The van der Waals surface area contributed by atoms with Gasteiger partial charge in [0.05, 0.1) is 17.8 Å². The first kappa shape index (κ1) is 24.8. The van der Waals surface area contributed by atoms with Crippen LogP contribution in [0, 0.1) is 13.8 Å². The van der Waals surface area contributed by atoms with Crippen molar-refractivity contribution in [3.8, 4) is 5.69 Å². The summed E-state index contributed by atoms with van der Waals surface area (Å²) in [5, 5.41) is 4.30. The molecule has 2 aromatic heterocycles. The molecular weight excluding hydrogens is 476 g/mol. The molecule has 0 aliphatic carbocycles. The molecule has 1 aliphatic rings. The number of rotatable bonds is 6. The number of nitrogens with one attached hydrogen (secondary N) is 1. The lowest BCUT2D eigenvalue weighted by Crippen LogP contribution is -2.29. The Morgan fingerprint density at radius 2 is 1.41 bits per heavy atom. The van der Waals surface area contributed by atoms with Gasteiger partial charge in [-0.05, 0) is 98.4 Å². The molecule has 7 heteroatoms. The second kappa shape index (κ2) is 9.90. The Morgan fingerprint density at radius 3 is 1.95 bits per heavy atom. The van der Waals surface area contributed by atoms with E-state index < -0.39 is 0 Å². The average molecular weight is 511 g/mol. The van der Waals surface area contributed by atoms with Crippen LogP contribution in [0.4, 0.5) is 17.1 Å². The summed E-state index contributed by atoms with van der Waals surface area (Å²) >= 11 is 5.94. The van der Waals surface area contributed by atoms with Crippen molar-refractivity contribution >= 4 is 34.4 Å². The van der Waals surface area contributed by atoms with Gasteiger partial charge in [0.25, 0.3) is 0 Å². The Balaban J connectivity index is 1.62. The van der Waals surface area contributed by atoms with Crippen LogP contribution in [-0.4, -0.2) is 42.9 Å². The smallest absolute Gasteiger partial charge is 0.174 e. The molecular formula is C30H34N6S. The molecule has 0 bridgehead atoms. The molecule has 0 unspecified atom stereocenters. The highest BCUT2D eigenvalue weighted by molar-refractivity contribution is 7.80. The van der Waals surface area contributed by atoms with Gasteiger partial charge >= 0.3 is 0 Å². The van der Waals surface area contributed by atoms with Crippen molar-refractivity contribution in [3.63, 3.8) is 0 Å². The number of hydrogen-bond acceptors (Lipinski definition) is 4. The molecule has 0 saturated carbocycles. The van der Waals surface area contributed by atoms with Crippen LogP contribution in [0.25, 0.3) is 5.69 Å². The topological polar surface area (TPSA) is 39.6 Å². The number of benzene rings is 2. The number of thiocarbonyl (C=S) groups is 1. The lowest BCUT2D eigenvalue weighted by molar-refractivity contribution is 0.565. The molecule has 3 heterocycles. The quantitative estimate of drug-likeness (QED) is 0.331. The minimum Gasteiger partial charge on any atom is -0.378 e. The van der Waals surface area contributed by atoms with Gasteiger partial charge in [0.1, 0.15) is 0 Å². The number of hydrogen-bond donors (Lipinski definition) is 1. The van der Waals surface area contributed by atoms with Crippen molar-refractivity contribution in [1.82, 2.24) is 14.9 Å². The fourth-order valence-corrected chi connectivity index (χ4v) is 5.59. The van der Waals surface area contributed by atoms with Crippen molar-refractivity contribution in [1.29, 1.82) is 0 Å². The SMILES string of the molecule is Cc1cc([C@H]2[C@H](c3ccccn3)NC(=S)N2c2ccc(N(C)C)cc2)c(C)n1-c1ccc(N(C)C)cc1. The van der Waals surface area contributed by atoms with Crippen LogP contribution >= 0.6 is 12.2 Å². The van der Waals surface area contributed by atoms with E-state index >= 15 is 0 Å². The van der Waals surface area contributed by atoms with E-state index in [0.29, 0.717) is 5.11 Å². The molecule has 4 aromatic rings. The number of pyridine rings is 1. The van der Waals surface area contributed by atoms with Crippen molar-refractivity contribution in [3.05, 3.63) is 102 Å². The lowest BCUT2D eigenvalue weighted by atomic mass is 9.96. The maximum atomic E-state index is 5.94. The van der Waals surface area contributed by atoms with Crippen molar-refractivity contribution in [2.45, 2.75) is 25.9 Å². The molecule has 5 rings (SSSR count). The summed E-state index contributed by atoms with van der Waals surface area (Å²) in [6, 6.07) is 25.5. The lowest BCUT2D eigenvalue weighted by Gasteiger charge is -2.28. The summed E-state index contributed by atoms with van der Waals surface area (Å²) < 4.78 is 2.33. The first-order valence-electron chi connectivity index (χ1n) is 12.5. The van der Waals surface area contributed by atoms with Gasteiger partial charge in [-0.3, -0.25) is 4.98 Å². The molecule has 2 aromatic carbocycles. The van der Waals surface area contributed by atoms with Crippen LogP contribution in [0.2, 0.25) is 0 Å². The molecule has 1 N–H and O–H groups in total. The number of nitrogens with zero attached hydrogens (tertiary/aromatic N) is 5.